The van der Waals surface area contributed by atoms with Crippen molar-refractivity contribution in [3.8, 4) is 33.3 Å². The molecule has 1 aliphatic carbocycles. The summed E-state index contributed by atoms with van der Waals surface area (Å²) in [5.41, 5.74) is 10.4. The standard InChI is InChI=1S/C56H65N11O6S/c1-32(2)50(55(71)67-29-41(68)23-46(67)54(70)57-26-35-9-13-38(14-10-35)52-33(3)60-31-74-52)48-25-49(64-73-48)72-30-36-11-15-40(16-12-36)65-20-17-37(18-21-65)39-27-58-56(59-28-39)66-22-19-44-51(34(66)4)43-24-45(62-63-53(43)61-44)42-7-5-6-8-47(42)69/h5-10,13-14,24-25,27-28,31-32,34,36-37,40-41,46,50,68-69H,11-12,15-23,26,29-30H2,1-4H3,(H,57,70)(H,61,63)/t34-,36-,40+,41+,46-,50?/m0/s1. The van der Waals surface area contributed by atoms with Crippen LogP contribution in [-0.4, -0.2) is 118 Å². The molecule has 17 nitrogen and oxygen atoms in total. The summed E-state index contributed by atoms with van der Waals surface area (Å²) in [6.45, 7) is 11.9. The molecule has 2 aromatic carbocycles. The van der Waals surface area contributed by atoms with E-state index in [0.29, 0.717) is 53.9 Å². The van der Waals surface area contributed by atoms with Crippen molar-refractivity contribution in [2.24, 2.45) is 11.8 Å². The van der Waals surface area contributed by atoms with Gasteiger partial charge in [0.15, 0.2) is 11.4 Å². The van der Waals surface area contributed by atoms with E-state index in [4.69, 9.17) is 19.2 Å². The summed E-state index contributed by atoms with van der Waals surface area (Å²) < 4.78 is 12.0. The van der Waals surface area contributed by atoms with Crippen molar-refractivity contribution in [2.75, 3.05) is 37.7 Å². The van der Waals surface area contributed by atoms with Crippen LogP contribution >= 0.6 is 11.3 Å². The number of β-amino-alcohol motifs (C(OH)–C–C–N with tert-alkyl or cyclic N) is 1. The topological polar surface area (TPSA) is 212 Å². The number of benzene rings is 2. The molecule has 1 unspecified atom stereocenters. The zero-order chi connectivity index (χ0) is 51.0. The van der Waals surface area contributed by atoms with Crippen LogP contribution in [0.3, 0.4) is 0 Å². The number of aliphatic hydroxyl groups is 1. The number of aryl methyl sites for hydroxylation is 1. The average Bonchev–Trinajstić information content (AvgIpc) is 4.24. The third-order valence-electron chi connectivity index (χ3n) is 16.1. The number of aliphatic hydroxyl groups excluding tert-OH is 1. The van der Waals surface area contributed by atoms with Crippen LogP contribution in [0, 0.1) is 18.8 Å². The van der Waals surface area contributed by atoms with Gasteiger partial charge in [0.05, 0.1) is 40.5 Å². The van der Waals surface area contributed by atoms with E-state index in [0.717, 1.165) is 109 Å². The third kappa shape index (κ3) is 10.1. The maximum Gasteiger partial charge on any atom is 0.254 e. The molecule has 0 bridgehead atoms. The number of likely N-dealkylation sites (tertiary alicyclic amines) is 2. The summed E-state index contributed by atoms with van der Waals surface area (Å²) in [5, 5.41) is 38.3. The summed E-state index contributed by atoms with van der Waals surface area (Å²) in [4.78, 5) is 53.1. The zero-order valence-electron chi connectivity index (χ0n) is 42.5. The number of fused-ring (bicyclic) bond motifs is 3. The zero-order valence-corrected chi connectivity index (χ0v) is 43.3. The summed E-state index contributed by atoms with van der Waals surface area (Å²) >= 11 is 1.60. The molecule has 4 aliphatic rings. The second-order valence-corrected chi connectivity index (χ2v) is 22.0. The van der Waals surface area contributed by atoms with Crippen LogP contribution in [0.4, 0.5) is 5.95 Å². The maximum absolute atomic E-state index is 14.2. The molecule has 4 atom stereocenters. The molecule has 0 spiro atoms. The molecule has 8 heterocycles. The summed E-state index contributed by atoms with van der Waals surface area (Å²) in [6.07, 6.45) is 10.8. The van der Waals surface area contributed by atoms with Crippen LogP contribution in [0.2, 0.25) is 0 Å². The minimum atomic E-state index is -0.807. The Morgan fingerprint density at radius 1 is 0.959 bits per heavy atom. The summed E-state index contributed by atoms with van der Waals surface area (Å²) in [6, 6.07) is 18.7. The first-order valence-electron chi connectivity index (χ1n) is 26.3. The number of phenols is 1. The van der Waals surface area contributed by atoms with Gasteiger partial charge in [-0.3, -0.25) is 9.59 Å². The molecule has 4 N–H and O–H groups in total. The van der Waals surface area contributed by atoms with E-state index in [-0.39, 0.29) is 42.5 Å². The number of aromatic nitrogens is 7. The van der Waals surface area contributed by atoms with Crippen molar-refractivity contribution in [1.82, 2.24) is 50.4 Å². The van der Waals surface area contributed by atoms with Crippen molar-refractivity contribution in [3.63, 3.8) is 0 Å². The summed E-state index contributed by atoms with van der Waals surface area (Å²) in [7, 11) is 0. The lowest BCUT2D eigenvalue weighted by Crippen LogP contribution is -2.48. The molecule has 74 heavy (non-hydrogen) atoms. The quantitative estimate of drug-likeness (QED) is 0.0805. The van der Waals surface area contributed by atoms with Gasteiger partial charge >= 0.3 is 0 Å². The normalized spacial score (nSPS) is 22.1. The van der Waals surface area contributed by atoms with Gasteiger partial charge in [0, 0.05) is 79.2 Å². The largest absolute Gasteiger partial charge is 0.507 e. The fraction of sp³-hybridized carbons (Fsp3) is 0.464. The molecule has 7 aromatic rings. The molecule has 3 fully saturated rings. The van der Waals surface area contributed by atoms with Gasteiger partial charge in [-0.1, -0.05) is 50.2 Å². The number of hydrogen-bond donors (Lipinski definition) is 4. The highest BCUT2D eigenvalue weighted by Gasteiger charge is 2.43. The minimum absolute atomic E-state index is 0.0231. The Hall–Kier alpha value is -6.76. The number of H-pyrrole nitrogens is 1. The lowest BCUT2D eigenvalue weighted by Gasteiger charge is -2.40. The van der Waals surface area contributed by atoms with Gasteiger partial charge < -0.3 is 44.5 Å². The monoisotopic (exact) mass is 1020 g/mol. The van der Waals surface area contributed by atoms with Crippen molar-refractivity contribution in [2.45, 2.75) is 122 Å². The van der Waals surface area contributed by atoms with Crippen LogP contribution in [0.5, 0.6) is 11.6 Å². The van der Waals surface area contributed by atoms with Gasteiger partial charge in [-0.05, 0) is 123 Å². The Kier molecular flexibility index (Phi) is 14.2. The number of amides is 2. The Balaban J connectivity index is 0.633. The number of piperidine rings is 1. The lowest BCUT2D eigenvalue weighted by atomic mass is 9.83. The van der Waals surface area contributed by atoms with Crippen molar-refractivity contribution in [1.29, 1.82) is 0 Å². The van der Waals surface area contributed by atoms with Gasteiger partial charge in [-0.25, -0.2) is 15.0 Å². The number of carbonyl (C=O) groups is 2. The Morgan fingerprint density at radius 3 is 2.46 bits per heavy atom. The molecule has 2 saturated heterocycles. The van der Waals surface area contributed by atoms with E-state index < -0.39 is 18.1 Å². The van der Waals surface area contributed by atoms with Gasteiger partial charge in [-0.15, -0.1) is 21.5 Å². The number of anilines is 1. The second-order valence-electron chi connectivity index (χ2n) is 21.1. The van der Waals surface area contributed by atoms with Crippen LogP contribution in [-0.2, 0) is 22.6 Å². The first-order valence-corrected chi connectivity index (χ1v) is 27.2. The SMILES string of the molecule is Cc1ncsc1-c1ccc(CNC(=O)[C@@H]2C[C@@H](O)CN2C(=O)C(c2cc(OC[C@H]3CC[C@@H](N4CCC(c5cnc(N6CCc7[nH]c8nnc(-c9ccccc9O)cc8c7[C@@H]6C)nc5)CC4)CC3)no2)C(C)C)cc1. The summed E-state index contributed by atoms with van der Waals surface area (Å²) in [5.74, 6) is 1.06. The fourth-order valence-electron chi connectivity index (χ4n) is 11.9. The predicted molar refractivity (Wildman–Crippen MR) is 282 cm³/mol. The number of thiazole rings is 1. The van der Waals surface area contributed by atoms with Gasteiger partial charge in [0.1, 0.15) is 17.7 Å². The van der Waals surface area contributed by atoms with Gasteiger partial charge in [0.2, 0.25) is 17.8 Å². The predicted octanol–water partition coefficient (Wildman–Crippen LogP) is 8.50. The van der Waals surface area contributed by atoms with Crippen LogP contribution < -0.4 is 15.0 Å². The number of phenolic OH excluding ortho intramolecular Hbond substituents is 1. The maximum atomic E-state index is 14.2. The molecule has 0 radical (unpaired) electrons. The first-order chi connectivity index (χ1) is 35.9. The Bertz CT molecular complexity index is 3090. The number of nitrogens with one attached hydrogen (secondary N) is 2. The smallest absolute Gasteiger partial charge is 0.254 e. The molecule has 5 aromatic heterocycles. The number of aromatic amines is 1. The number of carbonyl (C=O) groups excluding carboxylic acids is 2. The van der Waals surface area contributed by atoms with Crippen molar-refractivity contribution in [3.05, 3.63) is 112 Å². The molecule has 1 saturated carbocycles. The minimum Gasteiger partial charge on any atom is -0.507 e. The second kappa shape index (κ2) is 21.2. The first kappa shape index (κ1) is 49.5. The third-order valence-corrected chi connectivity index (χ3v) is 17.1. The number of hydrogen-bond acceptors (Lipinski definition) is 15. The van der Waals surface area contributed by atoms with Gasteiger partial charge in [0.25, 0.3) is 5.88 Å². The number of nitrogens with zero attached hydrogens (tertiary/aromatic N) is 9. The van der Waals surface area contributed by atoms with E-state index in [1.165, 1.54) is 16.0 Å². The average molecular weight is 1020 g/mol. The van der Waals surface area contributed by atoms with E-state index in [2.05, 4.69) is 47.4 Å². The molecule has 2 amide bonds. The number of ether oxygens (including phenoxy) is 1. The van der Waals surface area contributed by atoms with Crippen molar-refractivity contribution >= 4 is 40.1 Å². The molecule has 386 valence electrons. The van der Waals surface area contributed by atoms with Crippen LogP contribution in [0.25, 0.3) is 32.7 Å². The lowest BCUT2D eigenvalue weighted by molar-refractivity contribution is -0.141. The highest BCUT2D eigenvalue weighted by Crippen LogP contribution is 2.40. The highest BCUT2D eigenvalue weighted by molar-refractivity contribution is 7.13. The van der Waals surface area contributed by atoms with E-state index >= 15 is 0 Å². The molecular formula is C56H65N11O6S. The molecule has 11 rings (SSSR count). The molecule has 3 aliphatic heterocycles. The number of aromatic hydroxyl groups is 1. The number of para-hydroxylation sites is 1. The van der Waals surface area contributed by atoms with Crippen molar-refractivity contribution < 1.29 is 29.1 Å². The van der Waals surface area contributed by atoms with E-state index in [1.54, 1.807) is 29.5 Å². The fourth-order valence-corrected chi connectivity index (χ4v) is 12.8. The van der Waals surface area contributed by atoms with E-state index in [9.17, 15) is 19.8 Å². The Labute approximate surface area is 434 Å². The van der Waals surface area contributed by atoms with Gasteiger partial charge in [-0.2, -0.15) is 0 Å². The van der Waals surface area contributed by atoms with Crippen LogP contribution in [0.1, 0.15) is 117 Å². The Morgan fingerprint density at radius 2 is 1.73 bits per heavy atom. The number of rotatable bonds is 14. The highest BCUT2D eigenvalue weighted by atomic mass is 32.1. The molecule has 18 heteroatoms. The van der Waals surface area contributed by atoms with Crippen LogP contribution in [0.15, 0.2) is 83.1 Å². The van der Waals surface area contributed by atoms with E-state index in [1.807, 2.05) is 81.1 Å². The molecular weight excluding hydrogens is 955 g/mol.